The third-order valence-electron chi connectivity index (χ3n) is 3.26. The fraction of sp³-hybridized carbons (Fsp3) is 0.235. The second-order valence-corrected chi connectivity index (χ2v) is 5.75. The molecule has 3 nitrogen and oxygen atoms in total. The number of para-hydroxylation sites is 1. The number of nitrogens with one attached hydrogen (secondary N) is 1. The molecule has 0 aromatic heterocycles. The molecular weight excluding hydrogens is 330 g/mol. The van der Waals surface area contributed by atoms with E-state index < -0.39 is 0 Å². The van der Waals surface area contributed by atoms with Crippen molar-refractivity contribution in [2.45, 2.75) is 20.3 Å². The number of aryl methyl sites for hydroxylation is 2. The molecule has 1 N–H and O–H groups in total. The molecule has 4 heteroatoms. The minimum absolute atomic E-state index is 0.0550. The molecule has 0 saturated carbocycles. The molecule has 0 atom stereocenters. The third-order valence-corrected chi connectivity index (χ3v) is 4.51. The van der Waals surface area contributed by atoms with Crippen molar-refractivity contribution in [2.24, 2.45) is 0 Å². The predicted molar refractivity (Wildman–Crippen MR) is 88.9 cm³/mol. The molecule has 21 heavy (non-hydrogen) atoms. The lowest BCUT2D eigenvalue weighted by molar-refractivity contribution is -0.115. The molecule has 0 fully saturated rings. The first-order valence-electron chi connectivity index (χ1n) is 6.69. The zero-order chi connectivity index (χ0) is 15.4. The first kappa shape index (κ1) is 15.6. The number of hydrogen-bond acceptors (Lipinski definition) is 2. The summed E-state index contributed by atoms with van der Waals surface area (Å²) >= 11 is 3.52. The van der Waals surface area contributed by atoms with Gasteiger partial charge in [-0.1, -0.05) is 34.1 Å². The van der Waals surface area contributed by atoms with E-state index in [2.05, 4.69) is 21.2 Å². The average Bonchev–Trinajstić information content (AvgIpc) is 2.45. The van der Waals surface area contributed by atoms with Crippen molar-refractivity contribution in [3.05, 3.63) is 57.6 Å². The molecule has 0 unspecified atom stereocenters. The Kier molecular flexibility index (Phi) is 5.02. The number of halogens is 1. The zero-order valence-corrected chi connectivity index (χ0v) is 14.0. The molecule has 0 aliphatic heterocycles. The third kappa shape index (κ3) is 3.85. The number of hydrogen-bond donors (Lipinski definition) is 1. The van der Waals surface area contributed by atoms with Crippen molar-refractivity contribution < 1.29 is 9.53 Å². The standard InChI is InChI=1S/C17H18BrNO2/c1-11-8-14(9-12(2)17(11)18)19-16(20)10-13-6-4-5-7-15(13)21-3/h4-9H,10H2,1-3H3,(H,19,20). The van der Waals surface area contributed by atoms with Crippen LogP contribution in [0.1, 0.15) is 16.7 Å². The summed E-state index contributed by atoms with van der Waals surface area (Å²) in [6, 6.07) is 11.5. The Morgan fingerprint density at radius 3 is 2.43 bits per heavy atom. The van der Waals surface area contributed by atoms with Crippen molar-refractivity contribution in [3.63, 3.8) is 0 Å². The normalized spacial score (nSPS) is 10.3. The number of carbonyl (C=O) groups is 1. The Balaban J connectivity index is 2.12. The summed E-state index contributed by atoms with van der Waals surface area (Å²) in [5.41, 5.74) is 3.89. The van der Waals surface area contributed by atoms with Gasteiger partial charge in [0.15, 0.2) is 0 Å². The summed E-state index contributed by atoms with van der Waals surface area (Å²) in [6.45, 7) is 4.01. The van der Waals surface area contributed by atoms with Gasteiger partial charge >= 0.3 is 0 Å². The van der Waals surface area contributed by atoms with Crippen LogP contribution in [-0.4, -0.2) is 13.0 Å². The molecule has 1 amide bonds. The molecule has 2 aromatic carbocycles. The van der Waals surface area contributed by atoms with Crippen molar-refractivity contribution in [3.8, 4) is 5.75 Å². The van der Waals surface area contributed by atoms with Crippen molar-refractivity contribution in [1.29, 1.82) is 0 Å². The molecule has 2 aromatic rings. The van der Waals surface area contributed by atoms with Gasteiger partial charge in [0.05, 0.1) is 13.5 Å². The van der Waals surface area contributed by atoms with Crippen LogP contribution in [0.5, 0.6) is 5.75 Å². The fourth-order valence-electron chi connectivity index (χ4n) is 2.25. The Labute approximate surface area is 133 Å². The van der Waals surface area contributed by atoms with Gasteiger partial charge in [-0.15, -0.1) is 0 Å². The molecule has 110 valence electrons. The molecule has 0 bridgehead atoms. The van der Waals surface area contributed by atoms with Gasteiger partial charge < -0.3 is 10.1 Å². The summed E-state index contributed by atoms with van der Waals surface area (Å²) in [5.74, 6) is 0.677. The largest absolute Gasteiger partial charge is 0.496 e. The lowest BCUT2D eigenvalue weighted by Crippen LogP contribution is -2.15. The maximum Gasteiger partial charge on any atom is 0.228 e. The smallest absolute Gasteiger partial charge is 0.228 e. The van der Waals surface area contributed by atoms with E-state index in [0.29, 0.717) is 0 Å². The number of carbonyl (C=O) groups excluding carboxylic acids is 1. The van der Waals surface area contributed by atoms with E-state index in [9.17, 15) is 4.79 Å². The number of benzene rings is 2. The molecular formula is C17H18BrNO2. The first-order valence-corrected chi connectivity index (χ1v) is 7.49. The Morgan fingerprint density at radius 2 is 1.81 bits per heavy atom. The van der Waals surface area contributed by atoms with E-state index in [0.717, 1.165) is 32.6 Å². The quantitative estimate of drug-likeness (QED) is 0.897. The van der Waals surface area contributed by atoms with Crippen molar-refractivity contribution in [1.82, 2.24) is 0 Å². The Hall–Kier alpha value is -1.81. The van der Waals surface area contributed by atoms with Crippen molar-refractivity contribution >= 4 is 27.5 Å². The number of methoxy groups -OCH3 is 1. The molecule has 2 rings (SSSR count). The van der Waals surface area contributed by atoms with Gasteiger partial charge in [0.25, 0.3) is 0 Å². The van der Waals surface area contributed by atoms with E-state index in [4.69, 9.17) is 4.74 Å². The number of amides is 1. The zero-order valence-electron chi connectivity index (χ0n) is 12.4. The molecule has 0 saturated heterocycles. The van der Waals surface area contributed by atoms with Crippen LogP contribution in [0, 0.1) is 13.8 Å². The van der Waals surface area contributed by atoms with Gasteiger partial charge in [-0.05, 0) is 43.2 Å². The first-order chi connectivity index (χ1) is 10.0. The average molecular weight is 348 g/mol. The summed E-state index contributed by atoms with van der Waals surface area (Å²) < 4.78 is 6.34. The maximum atomic E-state index is 12.2. The fourth-order valence-corrected chi connectivity index (χ4v) is 2.47. The van der Waals surface area contributed by atoms with E-state index >= 15 is 0 Å². The van der Waals surface area contributed by atoms with E-state index in [-0.39, 0.29) is 12.3 Å². The number of ether oxygens (including phenoxy) is 1. The van der Waals surface area contributed by atoms with Crippen LogP contribution in [0.25, 0.3) is 0 Å². The minimum atomic E-state index is -0.0550. The summed E-state index contributed by atoms with van der Waals surface area (Å²) in [7, 11) is 1.61. The van der Waals surface area contributed by atoms with Crippen LogP contribution >= 0.6 is 15.9 Å². The highest BCUT2D eigenvalue weighted by molar-refractivity contribution is 9.10. The summed E-state index contributed by atoms with van der Waals surface area (Å²) in [5, 5.41) is 2.94. The van der Waals surface area contributed by atoms with E-state index in [1.165, 1.54) is 0 Å². The predicted octanol–water partition coefficient (Wildman–Crippen LogP) is 4.26. The maximum absolute atomic E-state index is 12.2. The van der Waals surface area contributed by atoms with Gasteiger partial charge in [0, 0.05) is 15.7 Å². The second-order valence-electron chi connectivity index (χ2n) is 4.96. The van der Waals surface area contributed by atoms with Gasteiger partial charge in [-0.2, -0.15) is 0 Å². The molecule has 0 aliphatic rings. The highest BCUT2D eigenvalue weighted by Gasteiger charge is 2.10. The van der Waals surface area contributed by atoms with Crippen LogP contribution in [0.4, 0.5) is 5.69 Å². The Morgan fingerprint density at radius 1 is 1.19 bits per heavy atom. The number of rotatable bonds is 4. The molecule has 0 radical (unpaired) electrons. The lowest BCUT2D eigenvalue weighted by Gasteiger charge is -2.11. The monoisotopic (exact) mass is 347 g/mol. The molecule has 0 spiro atoms. The highest BCUT2D eigenvalue weighted by Crippen LogP contribution is 2.25. The van der Waals surface area contributed by atoms with E-state index in [1.807, 2.05) is 50.2 Å². The minimum Gasteiger partial charge on any atom is -0.496 e. The topological polar surface area (TPSA) is 38.3 Å². The summed E-state index contributed by atoms with van der Waals surface area (Å²) in [4.78, 5) is 12.2. The van der Waals surface area contributed by atoms with Gasteiger partial charge in [-0.3, -0.25) is 4.79 Å². The van der Waals surface area contributed by atoms with Crippen LogP contribution in [0.3, 0.4) is 0 Å². The number of anilines is 1. The van der Waals surface area contributed by atoms with Crippen LogP contribution in [0.2, 0.25) is 0 Å². The molecule has 0 heterocycles. The van der Waals surface area contributed by atoms with Crippen LogP contribution < -0.4 is 10.1 Å². The Bertz CT molecular complexity index is 645. The highest BCUT2D eigenvalue weighted by atomic mass is 79.9. The van der Waals surface area contributed by atoms with Crippen LogP contribution in [0.15, 0.2) is 40.9 Å². The summed E-state index contributed by atoms with van der Waals surface area (Å²) in [6.07, 6.45) is 0.290. The van der Waals surface area contributed by atoms with Gasteiger partial charge in [0.2, 0.25) is 5.91 Å². The lowest BCUT2D eigenvalue weighted by atomic mass is 10.1. The van der Waals surface area contributed by atoms with Crippen LogP contribution in [-0.2, 0) is 11.2 Å². The molecule has 0 aliphatic carbocycles. The second kappa shape index (κ2) is 6.76. The van der Waals surface area contributed by atoms with Gasteiger partial charge in [-0.25, -0.2) is 0 Å². The van der Waals surface area contributed by atoms with Crippen molar-refractivity contribution in [2.75, 3.05) is 12.4 Å². The van der Waals surface area contributed by atoms with E-state index in [1.54, 1.807) is 7.11 Å². The SMILES string of the molecule is COc1ccccc1CC(=O)Nc1cc(C)c(Br)c(C)c1. The van der Waals surface area contributed by atoms with Gasteiger partial charge in [0.1, 0.15) is 5.75 Å².